The maximum Gasteiger partial charge on any atom is 0.314 e. The number of aryl methyl sites for hydroxylation is 1. The maximum absolute atomic E-state index is 12.2. The number of fused-ring (bicyclic) bond motifs is 1. The Morgan fingerprint density at radius 1 is 0.906 bits per heavy atom. The Morgan fingerprint density at radius 2 is 1.62 bits per heavy atom. The van der Waals surface area contributed by atoms with E-state index in [0.717, 1.165) is 55.2 Å². The molecular weight excluding hydrogens is 396 g/mol. The van der Waals surface area contributed by atoms with E-state index in [1.165, 1.54) is 37.7 Å². The third-order valence-corrected chi connectivity index (χ3v) is 8.84. The van der Waals surface area contributed by atoms with Crippen LogP contribution in [0.3, 0.4) is 0 Å². The van der Waals surface area contributed by atoms with Gasteiger partial charge in [-0.25, -0.2) is 0 Å². The Labute approximate surface area is 191 Å². The summed E-state index contributed by atoms with van der Waals surface area (Å²) < 4.78 is 0. The maximum atomic E-state index is 12.2. The highest BCUT2D eigenvalue weighted by atomic mass is 16.4. The van der Waals surface area contributed by atoms with Gasteiger partial charge in [0.15, 0.2) is 0 Å². The number of hydrogen-bond donors (Lipinski definition) is 2. The second-order valence-corrected chi connectivity index (χ2v) is 10.5. The van der Waals surface area contributed by atoms with E-state index in [1.807, 2.05) is 12.1 Å². The summed E-state index contributed by atoms with van der Waals surface area (Å²) in [4.78, 5) is 12.2. The van der Waals surface area contributed by atoms with E-state index in [2.05, 4.69) is 36.4 Å². The number of aliphatic carboxylic acids is 1. The van der Waals surface area contributed by atoms with Crippen molar-refractivity contribution in [2.45, 2.75) is 88.1 Å². The summed E-state index contributed by atoms with van der Waals surface area (Å²) in [5, 5.41) is 21.6. The second kappa shape index (κ2) is 9.02. The van der Waals surface area contributed by atoms with Crippen molar-refractivity contribution in [2.24, 2.45) is 11.8 Å². The zero-order valence-electron chi connectivity index (χ0n) is 19.0. The van der Waals surface area contributed by atoms with E-state index in [0.29, 0.717) is 11.8 Å². The number of carboxylic acid groups (broad SMARTS) is 1. The molecule has 2 fully saturated rings. The molecule has 0 amide bonds. The Bertz CT molecular complexity index is 938. The first-order valence-electron chi connectivity index (χ1n) is 12.7. The quantitative estimate of drug-likeness (QED) is 0.564. The van der Waals surface area contributed by atoms with Gasteiger partial charge in [0.1, 0.15) is 0 Å². The molecule has 2 N–H and O–H groups in total. The van der Waals surface area contributed by atoms with Gasteiger partial charge >= 0.3 is 5.97 Å². The Hall–Kier alpha value is -2.13. The van der Waals surface area contributed by atoms with Crippen LogP contribution in [0, 0.1) is 11.8 Å². The van der Waals surface area contributed by atoms with Gasteiger partial charge in [-0.05, 0) is 78.5 Å². The summed E-state index contributed by atoms with van der Waals surface area (Å²) in [6, 6.07) is 17.0. The first-order chi connectivity index (χ1) is 15.6. The van der Waals surface area contributed by atoms with Crippen LogP contribution >= 0.6 is 0 Å². The summed E-state index contributed by atoms with van der Waals surface area (Å²) in [7, 11) is 0. The van der Waals surface area contributed by atoms with Gasteiger partial charge in [-0.3, -0.25) is 4.79 Å². The molecule has 0 heterocycles. The fourth-order valence-corrected chi connectivity index (χ4v) is 7.14. The van der Waals surface area contributed by atoms with Crippen LogP contribution in [0.4, 0.5) is 0 Å². The highest BCUT2D eigenvalue weighted by molar-refractivity contribution is 5.82. The van der Waals surface area contributed by atoms with Gasteiger partial charge in [-0.2, -0.15) is 0 Å². The number of carboxylic acids is 1. The first kappa shape index (κ1) is 21.7. The average Bonchev–Trinajstić information content (AvgIpc) is 3.34. The monoisotopic (exact) mass is 432 g/mol. The van der Waals surface area contributed by atoms with Crippen molar-refractivity contribution < 1.29 is 15.0 Å². The SMILES string of the molecule is O=C(O)C1(c2ccc3c(c2)CC[C@H](C(c2ccccc2)C2CCCCC2)[C@H]3O)CCCC1. The Morgan fingerprint density at radius 3 is 2.31 bits per heavy atom. The molecule has 3 nitrogen and oxygen atoms in total. The first-order valence-corrected chi connectivity index (χ1v) is 12.7. The van der Waals surface area contributed by atoms with E-state index in [-0.39, 0.29) is 5.92 Å². The highest BCUT2D eigenvalue weighted by Gasteiger charge is 2.44. The lowest BCUT2D eigenvalue weighted by atomic mass is 9.64. The lowest BCUT2D eigenvalue weighted by molar-refractivity contribution is -0.143. The zero-order chi connectivity index (χ0) is 22.1. The van der Waals surface area contributed by atoms with Crippen molar-refractivity contribution in [1.82, 2.24) is 0 Å². The minimum atomic E-state index is -0.731. The van der Waals surface area contributed by atoms with Crippen LogP contribution in [-0.4, -0.2) is 16.2 Å². The number of hydrogen-bond acceptors (Lipinski definition) is 2. The molecule has 0 bridgehead atoms. The Balaban J connectivity index is 1.47. The standard InChI is InChI=1S/C29H36O3/c30-27-24-16-14-23(29(28(31)32)17-7-8-18-29)19-22(24)13-15-25(27)26(20-9-3-1-4-10-20)21-11-5-2-6-12-21/h1,3-4,9-10,14,16,19,21,25-27,30H,2,5-8,11-13,15,17-18H2,(H,31,32)/t25-,26?,27+/m1/s1. The van der Waals surface area contributed by atoms with Crippen molar-refractivity contribution in [1.29, 1.82) is 0 Å². The number of carbonyl (C=O) groups is 1. The minimum absolute atomic E-state index is 0.221. The van der Waals surface area contributed by atoms with E-state index in [1.54, 1.807) is 0 Å². The molecule has 0 radical (unpaired) electrons. The number of benzene rings is 2. The molecule has 3 aliphatic rings. The van der Waals surface area contributed by atoms with Gasteiger partial charge in [0.2, 0.25) is 0 Å². The van der Waals surface area contributed by atoms with Crippen LogP contribution in [0.25, 0.3) is 0 Å². The highest BCUT2D eigenvalue weighted by Crippen LogP contribution is 2.50. The molecule has 0 aromatic heterocycles. The van der Waals surface area contributed by atoms with Gasteiger partial charge in [0.25, 0.3) is 0 Å². The molecule has 2 aromatic rings. The summed E-state index contributed by atoms with van der Waals surface area (Å²) in [6.07, 6.45) is 11.3. The second-order valence-electron chi connectivity index (χ2n) is 10.5. The molecule has 32 heavy (non-hydrogen) atoms. The van der Waals surface area contributed by atoms with Crippen LogP contribution in [0.2, 0.25) is 0 Å². The summed E-state index contributed by atoms with van der Waals surface area (Å²) in [5.41, 5.74) is 3.78. The number of rotatable bonds is 5. The van der Waals surface area contributed by atoms with Gasteiger partial charge in [-0.15, -0.1) is 0 Å². The molecule has 3 atom stereocenters. The van der Waals surface area contributed by atoms with E-state index in [9.17, 15) is 15.0 Å². The van der Waals surface area contributed by atoms with Crippen molar-refractivity contribution in [3.8, 4) is 0 Å². The van der Waals surface area contributed by atoms with Crippen LogP contribution in [-0.2, 0) is 16.6 Å². The van der Waals surface area contributed by atoms with Gasteiger partial charge < -0.3 is 10.2 Å². The minimum Gasteiger partial charge on any atom is -0.481 e. The van der Waals surface area contributed by atoms with E-state index < -0.39 is 17.5 Å². The predicted octanol–water partition coefficient (Wildman–Crippen LogP) is 6.54. The van der Waals surface area contributed by atoms with Crippen LogP contribution in [0.1, 0.15) is 98.5 Å². The smallest absolute Gasteiger partial charge is 0.314 e. The molecule has 5 rings (SSSR count). The predicted molar refractivity (Wildman–Crippen MR) is 127 cm³/mol. The van der Waals surface area contributed by atoms with Crippen molar-refractivity contribution in [2.75, 3.05) is 0 Å². The van der Waals surface area contributed by atoms with Crippen LogP contribution < -0.4 is 0 Å². The van der Waals surface area contributed by atoms with Gasteiger partial charge in [0.05, 0.1) is 11.5 Å². The summed E-state index contributed by atoms with van der Waals surface area (Å²) in [6.45, 7) is 0. The van der Waals surface area contributed by atoms with E-state index >= 15 is 0 Å². The zero-order valence-corrected chi connectivity index (χ0v) is 19.0. The van der Waals surface area contributed by atoms with Gasteiger partial charge in [0, 0.05) is 0 Å². The summed E-state index contributed by atoms with van der Waals surface area (Å²) >= 11 is 0. The summed E-state index contributed by atoms with van der Waals surface area (Å²) in [5.74, 6) is 0.560. The fourth-order valence-electron chi connectivity index (χ4n) is 7.14. The molecule has 0 saturated heterocycles. The molecule has 3 heteroatoms. The average molecular weight is 433 g/mol. The normalized spacial score (nSPS) is 26.4. The Kier molecular flexibility index (Phi) is 6.11. The lowest BCUT2D eigenvalue weighted by Gasteiger charge is -2.41. The van der Waals surface area contributed by atoms with E-state index in [4.69, 9.17) is 0 Å². The number of aliphatic hydroxyl groups excluding tert-OH is 1. The van der Waals surface area contributed by atoms with Crippen LogP contribution in [0.5, 0.6) is 0 Å². The molecule has 2 aromatic carbocycles. The van der Waals surface area contributed by atoms with Crippen molar-refractivity contribution >= 4 is 5.97 Å². The number of aliphatic hydroxyl groups is 1. The van der Waals surface area contributed by atoms with Crippen molar-refractivity contribution in [3.05, 3.63) is 70.8 Å². The fraction of sp³-hybridized carbons (Fsp3) is 0.552. The molecular formula is C29H36O3. The molecule has 2 saturated carbocycles. The largest absolute Gasteiger partial charge is 0.481 e. The third-order valence-electron chi connectivity index (χ3n) is 8.84. The molecule has 3 aliphatic carbocycles. The molecule has 0 spiro atoms. The van der Waals surface area contributed by atoms with Crippen molar-refractivity contribution in [3.63, 3.8) is 0 Å². The van der Waals surface area contributed by atoms with Crippen LogP contribution in [0.15, 0.2) is 48.5 Å². The lowest BCUT2D eigenvalue weighted by Crippen LogP contribution is -2.34. The topological polar surface area (TPSA) is 57.5 Å². The molecule has 1 unspecified atom stereocenters. The van der Waals surface area contributed by atoms with Gasteiger partial charge in [-0.1, -0.05) is 80.6 Å². The molecule has 170 valence electrons. The molecule has 0 aliphatic heterocycles. The third kappa shape index (κ3) is 3.79.